The van der Waals surface area contributed by atoms with E-state index in [-0.39, 0.29) is 79.9 Å². The second-order valence-corrected chi connectivity index (χ2v) is 24.4. The summed E-state index contributed by atoms with van der Waals surface area (Å²) in [4.78, 5) is 105. The molecule has 0 saturated carbocycles. The number of ether oxygens (including phenoxy) is 4. The minimum Gasteiger partial charge on any atom is -0.497 e. The molecule has 0 saturated heterocycles. The van der Waals surface area contributed by atoms with E-state index >= 15 is 13.2 Å². The van der Waals surface area contributed by atoms with Crippen LogP contribution in [-0.2, 0) is 20.3 Å². The number of anilines is 9. The van der Waals surface area contributed by atoms with Crippen LogP contribution in [0.2, 0.25) is 0 Å². The summed E-state index contributed by atoms with van der Waals surface area (Å²) in [7, 11) is 4.50. The van der Waals surface area contributed by atoms with Crippen molar-refractivity contribution < 1.29 is 83.6 Å². The van der Waals surface area contributed by atoms with Gasteiger partial charge in [0.1, 0.15) is 22.3 Å². The van der Waals surface area contributed by atoms with E-state index in [0.29, 0.717) is 5.75 Å². The molecule has 1 atom stereocenters. The molecule has 1 unspecified atom stereocenters. The number of aryl methyl sites for hydroxylation is 1. The fourth-order valence-corrected chi connectivity index (χ4v) is 12.3. The monoisotopic (exact) mass is 1400 g/mol. The van der Waals surface area contributed by atoms with Gasteiger partial charge in [0.25, 0.3) is 23.6 Å². The highest BCUT2D eigenvalue weighted by Crippen LogP contribution is 2.50. The molecule has 4 N–H and O–H groups in total. The Balaban J connectivity index is 0.000000172. The molecule has 0 spiro atoms. The van der Waals surface area contributed by atoms with Crippen molar-refractivity contribution in [1.29, 1.82) is 0 Å². The lowest BCUT2D eigenvalue weighted by molar-refractivity contribution is -0.173. The topological polar surface area (TPSA) is 238 Å². The molecule has 10 aromatic rings. The number of amides is 4. The van der Waals surface area contributed by atoms with Crippen molar-refractivity contribution in [1.82, 2.24) is 4.90 Å². The molecule has 4 aliphatic heterocycles. The number of methoxy groups -OCH3 is 2. The third-order valence-corrected chi connectivity index (χ3v) is 18.3. The van der Waals surface area contributed by atoms with Crippen molar-refractivity contribution in [3.63, 3.8) is 0 Å². The van der Waals surface area contributed by atoms with Crippen molar-refractivity contribution in [3.05, 3.63) is 291 Å². The van der Waals surface area contributed by atoms with E-state index in [2.05, 4.69) is 14.4 Å². The Labute approximate surface area is 585 Å². The Morgan fingerprint density at radius 3 is 0.981 bits per heavy atom. The van der Waals surface area contributed by atoms with Gasteiger partial charge >= 0.3 is 36.2 Å². The van der Waals surface area contributed by atoms with Gasteiger partial charge in [-0.1, -0.05) is 49.4 Å². The summed E-state index contributed by atoms with van der Waals surface area (Å²) in [5, 5.41) is 0. The van der Waals surface area contributed by atoms with E-state index in [1.807, 2.05) is 133 Å². The third-order valence-electron chi connectivity index (χ3n) is 18.3. The van der Waals surface area contributed by atoms with Crippen molar-refractivity contribution >= 4 is 98.7 Å². The van der Waals surface area contributed by atoms with Crippen LogP contribution >= 0.6 is 0 Å². The van der Waals surface area contributed by atoms with Gasteiger partial charge in [-0.15, -0.1) is 0 Å². The molecule has 103 heavy (non-hydrogen) atoms. The molecular weight excluding hydrogens is 1340 g/mol. The number of nitrogen functional groups attached to an aromatic ring is 2. The average Bonchev–Trinajstić information content (AvgIpc) is 1.73. The van der Waals surface area contributed by atoms with Crippen LogP contribution in [0.15, 0.2) is 218 Å². The Hall–Kier alpha value is -12.9. The summed E-state index contributed by atoms with van der Waals surface area (Å²) in [5.41, 5.74) is 12.2. The Morgan fingerprint density at radius 1 is 0.359 bits per heavy atom. The van der Waals surface area contributed by atoms with E-state index in [0.717, 1.165) is 135 Å². The molecular formula is C79H62F6N6O12. The highest BCUT2D eigenvalue weighted by molar-refractivity contribution is 6.34. The molecule has 14 rings (SSSR count). The number of benzene rings is 10. The zero-order chi connectivity index (χ0) is 73.1. The van der Waals surface area contributed by atoms with Crippen molar-refractivity contribution in [2.75, 3.05) is 47.4 Å². The van der Waals surface area contributed by atoms with E-state index in [1.165, 1.54) is 25.2 Å². The smallest absolute Gasteiger partial charge is 0.402 e. The second-order valence-electron chi connectivity index (χ2n) is 24.4. The zero-order valence-corrected chi connectivity index (χ0v) is 54.9. The highest BCUT2D eigenvalue weighted by Gasteiger charge is 2.56. The predicted molar refractivity (Wildman–Crippen MR) is 373 cm³/mol. The Morgan fingerprint density at radius 2 is 0.631 bits per heavy atom. The quantitative estimate of drug-likeness (QED) is 0.0359. The first-order valence-electron chi connectivity index (χ1n) is 31.2. The molecule has 0 fully saturated rings. The van der Waals surface area contributed by atoms with E-state index in [4.69, 9.17) is 20.9 Å². The molecule has 4 amide bonds. The first-order valence-corrected chi connectivity index (χ1v) is 31.2. The second kappa shape index (κ2) is 27.3. The predicted octanol–water partition coefficient (Wildman–Crippen LogP) is 16.5. The Kier molecular flexibility index (Phi) is 19.0. The van der Waals surface area contributed by atoms with Gasteiger partial charge in [-0.3, -0.25) is 24.1 Å². The van der Waals surface area contributed by atoms with Crippen LogP contribution in [0.25, 0.3) is 0 Å². The van der Waals surface area contributed by atoms with Crippen LogP contribution in [0, 0.1) is 6.92 Å². The fourth-order valence-electron chi connectivity index (χ4n) is 12.3. The maximum atomic E-state index is 15.0. The third kappa shape index (κ3) is 12.9. The molecule has 0 aliphatic carbocycles. The Bertz CT molecular complexity index is 4950. The standard InChI is InChI=1S/C40H30F3N3O5.C19H9F3O6.C19H19N3O.CH4/c1-23-5-9-26(10-6-23)45(28-15-17-30(51-4)18-16-28)27-11-13-29(14-12-27)46-37(49)32-20-8-25(22-34(32)38(46)50)39(2,40(41,42)43)24-7-19-31-33(21-24)36(48)44(3)35(31)47;1-18(19(20,21)22,8-2-4-10-12(6-8)16(25)27-14(10)23)9-3-5-11-13(7-9)17(26)28-15(11)24;1-23-19-12-10-18(11-13-19)22(16-6-2-14(20)3-7-16)17-8-4-15(21)5-9-17;/h5-22H,1-4H3;2-7H,1H3;2-13H,20-21H2,1H3;1H4. The van der Waals surface area contributed by atoms with Crippen molar-refractivity contribution in [3.8, 4) is 11.5 Å². The molecule has 4 aliphatic rings. The molecule has 18 nitrogen and oxygen atoms in total. The fraction of sp³-hybridized carbons (Fsp3) is 0.139. The van der Waals surface area contributed by atoms with E-state index in [9.17, 15) is 51.5 Å². The number of imide groups is 2. The number of hydrogen-bond acceptors (Lipinski definition) is 16. The lowest BCUT2D eigenvalue weighted by atomic mass is 9.74. The molecule has 10 aromatic carbocycles. The van der Waals surface area contributed by atoms with Crippen molar-refractivity contribution in [2.45, 2.75) is 51.4 Å². The molecule has 0 bridgehead atoms. The first-order chi connectivity index (χ1) is 48.4. The van der Waals surface area contributed by atoms with Crippen molar-refractivity contribution in [2.24, 2.45) is 0 Å². The summed E-state index contributed by atoms with van der Waals surface area (Å²) in [5.74, 6) is -5.16. The summed E-state index contributed by atoms with van der Waals surface area (Å²) in [6.07, 6.45) is -9.73. The number of esters is 4. The molecule has 24 heteroatoms. The number of rotatable bonds is 13. The van der Waals surface area contributed by atoms with Crippen LogP contribution < -0.4 is 35.6 Å². The first kappa shape index (κ1) is 71.4. The largest absolute Gasteiger partial charge is 0.497 e. The summed E-state index contributed by atoms with van der Waals surface area (Å²) in [6.45, 7) is 3.81. The molecule has 0 radical (unpaired) electrons. The number of hydrogen-bond donors (Lipinski definition) is 2. The zero-order valence-electron chi connectivity index (χ0n) is 54.9. The lowest BCUT2D eigenvalue weighted by Crippen LogP contribution is -2.41. The van der Waals surface area contributed by atoms with Gasteiger partial charge in [-0.2, -0.15) is 26.3 Å². The summed E-state index contributed by atoms with van der Waals surface area (Å²) in [6, 6.07) is 58.8. The molecule has 0 aromatic heterocycles. The minimum atomic E-state index is -4.89. The number of carbonyl (C=O) groups is 8. The number of halogens is 6. The van der Waals surface area contributed by atoms with Gasteiger partial charge in [0.05, 0.1) is 64.4 Å². The summed E-state index contributed by atoms with van der Waals surface area (Å²) >= 11 is 0. The molecule has 522 valence electrons. The van der Waals surface area contributed by atoms with Crippen LogP contribution in [0.5, 0.6) is 11.5 Å². The van der Waals surface area contributed by atoms with Gasteiger partial charge in [0.2, 0.25) is 0 Å². The van der Waals surface area contributed by atoms with Crippen LogP contribution in [0.1, 0.15) is 132 Å². The maximum absolute atomic E-state index is 15.0. The lowest BCUT2D eigenvalue weighted by Gasteiger charge is -2.33. The van der Waals surface area contributed by atoms with Crippen LogP contribution in [-0.4, -0.2) is 86.0 Å². The van der Waals surface area contributed by atoms with E-state index in [1.54, 1.807) is 38.5 Å². The van der Waals surface area contributed by atoms with Gasteiger partial charge in [-0.25, -0.2) is 24.1 Å². The summed E-state index contributed by atoms with van der Waals surface area (Å²) < 4.78 is 107. The average molecular weight is 1400 g/mol. The normalized spacial score (nSPS) is 14.2. The number of cyclic esters (lactones) is 4. The van der Waals surface area contributed by atoms with Gasteiger partial charge in [0.15, 0.2) is 0 Å². The van der Waals surface area contributed by atoms with Gasteiger partial charge in [-0.05, 0) is 225 Å². The van der Waals surface area contributed by atoms with Crippen LogP contribution in [0.3, 0.4) is 0 Å². The molecule has 4 heterocycles. The number of nitrogens with two attached hydrogens (primary N) is 2. The number of carbonyl (C=O) groups excluding carboxylic acids is 8. The minimum absolute atomic E-state index is 0. The van der Waals surface area contributed by atoms with Crippen LogP contribution in [0.4, 0.5) is 77.5 Å². The highest BCUT2D eigenvalue weighted by atomic mass is 19.4. The maximum Gasteiger partial charge on any atom is 0.402 e. The van der Waals surface area contributed by atoms with E-state index < -0.39 is 70.7 Å². The number of alkyl halides is 6. The number of fused-ring (bicyclic) bond motifs is 4. The van der Waals surface area contributed by atoms with Gasteiger partial charge < -0.3 is 40.2 Å². The van der Waals surface area contributed by atoms with Gasteiger partial charge in [0, 0.05) is 52.5 Å². The number of nitrogens with zero attached hydrogens (tertiary/aromatic N) is 4. The SMILES string of the molecule is C.CC(c1ccc2c(c1)C(=O)OC2=O)(c1ccc2c(c1)C(=O)OC2=O)C(F)(F)F.COc1ccc(N(c2ccc(C)cc2)c2ccc(N3C(=O)c4ccc(C(C)(c5ccc6c(c5)C(=O)N(C)C6=O)C(F)(F)F)cc4C3=O)cc2)cc1.COc1ccc(N(c2ccc(N)cc2)c2ccc(N)cc2)cc1.